The molecule has 0 aromatic carbocycles. The van der Waals surface area contributed by atoms with Crippen molar-refractivity contribution in [2.45, 2.75) is 116 Å². The van der Waals surface area contributed by atoms with Gasteiger partial charge in [0, 0.05) is 11.1 Å². The average molecular weight is 359 g/mol. The van der Waals surface area contributed by atoms with E-state index in [0.717, 1.165) is 11.8 Å². The minimum atomic E-state index is 0.225. The normalized spacial score (nSPS) is 64.4. The Balaban J connectivity index is 0.000000115. The first kappa shape index (κ1) is 18.0. The SMILES string of the molecule is CC12CC3CC(C)(C1)CC(N)(C3)C2.CC12CC3CC(C)(C1)CC(N)(C3)C2. The van der Waals surface area contributed by atoms with Crippen LogP contribution in [0, 0.1) is 33.5 Å². The van der Waals surface area contributed by atoms with Crippen LogP contribution in [0.25, 0.3) is 0 Å². The Morgan fingerprint density at radius 2 is 0.731 bits per heavy atom. The molecule has 8 bridgehead atoms. The molecular formula is C24H42N2. The fourth-order valence-corrected chi connectivity index (χ4v) is 11.1. The molecule has 4 unspecified atom stereocenters. The maximum atomic E-state index is 6.49. The third-order valence-corrected chi connectivity index (χ3v) is 9.34. The molecule has 26 heavy (non-hydrogen) atoms. The zero-order valence-corrected chi connectivity index (χ0v) is 17.8. The van der Waals surface area contributed by atoms with Gasteiger partial charge in [-0.2, -0.15) is 0 Å². The summed E-state index contributed by atoms with van der Waals surface area (Å²) >= 11 is 0. The fraction of sp³-hybridized carbons (Fsp3) is 1.00. The molecule has 2 heteroatoms. The van der Waals surface area contributed by atoms with Gasteiger partial charge in [0.25, 0.3) is 0 Å². The van der Waals surface area contributed by atoms with Gasteiger partial charge in [-0.3, -0.25) is 0 Å². The maximum absolute atomic E-state index is 6.49. The van der Waals surface area contributed by atoms with E-state index in [4.69, 9.17) is 11.5 Å². The second-order valence-electron chi connectivity index (χ2n) is 14.0. The quantitative estimate of drug-likeness (QED) is 0.610. The molecule has 0 amide bonds. The molecule has 4 N–H and O–H groups in total. The average Bonchev–Trinajstić information content (AvgIpc) is 2.25. The van der Waals surface area contributed by atoms with Gasteiger partial charge in [-0.1, -0.05) is 27.7 Å². The molecule has 8 aliphatic carbocycles. The lowest BCUT2D eigenvalue weighted by Gasteiger charge is -2.64. The first-order valence-electron chi connectivity index (χ1n) is 11.4. The van der Waals surface area contributed by atoms with Crippen molar-refractivity contribution < 1.29 is 0 Å². The van der Waals surface area contributed by atoms with Crippen molar-refractivity contribution in [1.82, 2.24) is 0 Å². The van der Waals surface area contributed by atoms with Crippen molar-refractivity contribution in [2.75, 3.05) is 0 Å². The van der Waals surface area contributed by atoms with Crippen LogP contribution < -0.4 is 11.5 Å². The van der Waals surface area contributed by atoms with Gasteiger partial charge in [0.2, 0.25) is 0 Å². The molecule has 8 rings (SSSR count). The van der Waals surface area contributed by atoms with E-state index in [0.29, 0.717) is 21.7 Å². The second-order valence-corrected chi connectivity index (χ2v) is 14.0. The molecule has 0 aromatic rings. The van der Waals surface area contributed by atoms with E-state index in [1.54, 1.807) is 0 Å². The molecule has 8 aliphatic rings. The van der Waals surface area contributed by atoms with Gasteiger partial charge < -0.3 is 11.5 Å². The Kier molecular flexibility index (Phi) is 3.39. The van der Waals surface area contributed by atoms with Crippen molar-refractivity contribution >= 4 is 0 Å². The number of rotatable bonds is 0. The topological polar surface area (TPSA) is 52.0 Å². The Morgan fingerprint density at radius 1 is 0.462 bits per heavy atom. The summed E-state index contributed by atoms with van der Waals surface area (Å²) in [4.78, 5) is 0. The lowest BCUT2D eigenvalue weighted by atomic mass is 9.43. The van der Waals surface area contributed by atoms with Gasteiger partial charge >= 0.3 is 0 Å². The molecule has 8 fully saturated rings. The summed E-state index contributed by atoms with van der Waals surface area (Å²) < 4.78 is 0. The lowest BCUT2D eigenvalue weighted by Crippen LogP contribution is -2.62. The lowest BCUT2D eigenvalue weighted by molar-refractivity contribution is -0.105. The minimum Gasteiger partial charge on any atom is -0.325 e. The van der Waals surface area contributed by atoms with E-state index in [2.05, 4.69) is 27.7 Å². The van der Waals surface area contributed by atoms with Gasteiger partial charge in [0.1, 0.15) is 0 Å². The van der Waals surface area contributed by atoms with Crippen LogP contribution >= 0.6 is 0 Å². The first-order chi connectivity index (χ1) is 11.8. The Bertz CT molecular complexity index is 468. The van der Waals surface area contributed by atoms with E-state index >= 15 is 0 Å². The van der Waals surface area contributed by atoms with E-state index in [1.807, 2.05) is 0 Å². The van der Waals surface area contributed by atoms with E-state index in [-0.39, 0.29) is 11.1 Å². The molecule has 0 spiro atoms. The molecule has 0 aliphatic heterocycles. The monoisotopic (exact) mass is 358 g/mol. The van der Waals surface area contributed by atoms with Crippen molar-refractivity contribution in [2.24, 2.45) is 45.0 Å². The number of hydrogen-bond acceptors (Lipinski definition) is 2. The van der Waals surface area contributed by atoms with Crippen LogP contribution in [-0.4, -0.2) is 11.1 Å². The van der Waals surface area contributed by atoms with Crippen molar-refractivity contribution in [1.29, 1.82) is 0 Å². The van der Waals surface area contributed by atoms with Gasteiger partial charge in [0.05, 0.1) is 0 Å². The highest BCUT2D eigenvalue weighted by Crippen LogP contribution is 2.66. The van der Waals surface area contributed by atoms with Crippen LogP contribution in [-0.2, 0) is 0 Å². The largest absolute Gasteiger partial charge is 0.325 e. The fourth-order valence-electron chi connectivity index (χ4n) is 11.1. The highest BCUT2D eigenvalue weighted by molar-refractivity contribution is 5.14. The standard InChI is InChI=1S/2C12H21N/c2*1-10-3-9-4-11(2,6-10)8-12(13,5-9)7-10/h2*9H,3-8,13H2,1-2H3. The molecule has 0 aromatic heterocycles. The minimum absolute atomic E-state index is 0.225. The molecule has 2 nitrogen and oxygen atoms in total. The molecule has 8 saturated carbocycles. The van der Waals surface area contributed by atoms with Crippen molar-refractivity contribution in [3.8, 4) is 0 Å². The third-order valence-electron chi connectivity index (χ3n) is 9.34. The van der Waals surface area contributed by atoms with Gasteiger partial charge in [-0.25, -0.2) is 0 Å². The first-order valence-corrected chi connectivity index (χ1v) is 11.4. The van der Waals surface area contributed by atoms with Crippen molar-refractivity contribution in [3.05, 3.63) is 0 Å². The Labute approximate surface area is 161 Å². The van der Waals surface area contributed by atoms with Gasteiger partial charge in [-0.15, -0.1) is 0 Å². The zero-order valence-electron chi connectivity index (χ0n) is 17.8. The van der Waals surface area contributed by atoms with E-state index < -0.39 is 0 Å². The number of hydrogen-bond donors (Lipinski definition) is 2. The summed E-state index contributed by atoms with van der Waals surface area (Å²) in [6.45, 7) is 9.88. The summed E-state index contributed by atoms with van der Waals surface area (Å²) in [5.74, 6) is 1.91. The second kappa shape index (κ2) is 4.90. The summed E-state index contributed by atoms with van der Waals surface area (Å²) in [7, 11) is 0. The molecule has 0 radical (unpaired) electrons. The predicted octanol–water partition coefficient (Wildman–Crippen LogP) is 5.39. The van der Waals surface area contributed by atoms with E-state index in [1.165, 1.54) is 77.0 Å². The van der Waals surface area contributed by atoms with Crippen LogP contribution in [0.4, 0.5) is 0 Å². The van der Waals surface area contributed by atoms with Crippen LogP contribution in [0.5, 0.6) is 0 Å². The van der Waals surface area contributed by atoms with E-state index in [9.17, 15) is 0 Å². The Morgan fingerprint density at radius 3 is 0.923 bits per heavy atom. The summed E-state index contributed by atoms with van der Waals surface area (Å²) in [5, 5.41) is 0. The summed E-state index contributed by atoms with van der Waals surface area (Å²) in [6, 6.07) is 0. The van der Waals surface area contributed by atoms with Crippen LogP contribution in [0.2, 0.25) is 0 Å². The highest BCUT2D eigenvalue weighted by atomic mass is 14.8. The van der Waals surface area contributed by atoms with Gasteiger partial charge in [0.15, 0.2) is 0 Å². The molecule has 0 heterocycles. The summed E-state index contributed by atoms with van der Waals surface area (Å²) in [6.07, 6.45) is 16.5. The van der Waals surface area contributed by atoms with Crippen LogP contribution in [0.15, 0.2) is 0 Å². The molecule has 4 atom stereocenters. The van der Waals surface area contributed by atoms with Crippen LogP contribution in [0.3, 0.4) is 0 Å². The summed E-state index contributed by atoms with van der Waals surface area (Å²) in [5.41, 5.74) is 15.8. The number of nitrogens with two attached hydrogens (primary N) is 2. The molecule has 0 saturated heterocycles. The third kappa shape index (κ3) is 2.89. The smallest absolute Gasteiger partial charge is 0.0167 e. The zero-order chi connectivity index (χ0) is 18.6. The molecule has 148 valence electrons. The highest BCUT2D eigenvalue weighted by Gasteiger charge is 2.59. The predicted molar refractivity (Wildman–Crippen MR) is 109 cm³/mol. The molecular weight excluding hydrogens is 316 g/mol. The van der Waals surface area contributed by atoms with Crippen molar-refractivity contribution in [3.63, 3.8) is 0 Å². The van der Waals surface area contributed by atoms with Gasteiger partial charge in [-0.05, 0) is 111 Å². The van der Waals surface area contributed by atoms with Crippen LogP contribution in [0.1, 0.15) is 105 Å². The Hall–Kier alpha value is -0.0800. The maximum Gasteiger partial charge on any atom is 0.0167 e.